The molecule has 134 valence electrons. The number of hydrogen-bond donors (Lipinski definition) is 1. The maximum atomic E-state index is 12.3. The smallest absolute Gasteiger partial charge is 0.221 e. The van der Waals surface area contributed by atoms with Crippen molar-refractivity contribution in [3.63, 3.8) is 0 Å². The predicted molar refractivity (Wildman–Crippen MR) is 99.0 cm³/mol. The quantitative estimate of drug-likeness (QED) is 0.733. The molecule has 1 N–H and O–H groups in total. The molecule has 26 heavy (non-hydrogen) atoms. The molecule has 1 aliphatic rings. The Kier molecular flexibility index (Phi) is 3.79. The Bertz CT molecular complexity index is 982. The Morgan fingerprint density at radius 2 is 1.92 bits per heavy atom. The minimum absolute atomic E-state index is 0.0225. The van der Waals surface area contributed by atoms with Gasteiger partial charge in [0, 0.05) is 36.3 Å². The van der Waals surface area contributed by atoms with Crippen molar-refractivity contribution >= 4 is 11.6 Å². The van der Waals surface area contributed by atoms with Crippen molar-refractivity contribution in [1.29, 1.82) is 0 Å². The first-order chi connectivity index (χ1) is 12.3. The zero-order valence-corrected chi connectivity index (χ0v) is 15.6. The van der Waals surface area contributed by atoms with Crippen molar-refractivity contribution in [2.75, 3.05) is 0 Å². The Hall–Kier alpha value is -2.76. The molecule has 3 aromatic rings. The topological polar surface area (TPSA) is 72.2 Å². The van der Waals surface area contributed by atoms with Crippen molar-refractivity contribution < 1.29 is 4.79 Å². The van der Waals surface area contributed by atoms with Crippen molar-refractivity contribution in [2.45, 2.75) is 52.0 Å². The van der Waals surface area contributed by atoms with Gasteiger partial charge in [0.2, 0.25) is 5.91 Å². The number of rotatable bonds is 1. The molecule has 1 unspecified atom stereocenters. The molecule has 1 atom stereocenters. The van der Waals surface area contributed by atoms with Crippen LogP contribution in [0.2, 0.25) is 0 Å². The largest absolute Gasteiger partial charge is 0.350 e. The molecule has 0 radical (unpaired) electrons. The molecule has 4 rings (SSSR count). The monoisotopic (exact) mass is 349 g/mol. The van der Waals surface area contributed by atoms with Crippen LogP contribution in [0.4, 0.5) is 0 Å². The van der Waals surface area contributed by atoms with Crippen LogP contribution in [0, 0.1) is 6.92 Å². The summed E-state index contributed by atoms with van der Waals surface area (Å²) in [6.07, 6.45) is 6.16. The van der Waals surface area contributed by atoms with Gasteiger partial charge in [0.1, 0.15) is 11.5 Å². The third-order valence-corrected chi connectivity index (χ3v) is 4.80. The van der Waals surface area contributed by atoms with E-state index in [9.17, 15) is 4.79 Å². The van der Waals surface area contributed by atoms with Crippen LogP contribution in [0.15, 0.2) is 30.7 Å². The van der Waals surface area contributed by atoms with Crippen LogP contribution in [0.5, 0.6) is 0 Å². The van der Waals surface area contributed by atoms with E-state index in [1.807, 2.05) is 18.5 Å². The summed E-state index contributed by atoms with van der Waals surface area (Å²) in [5.41, 5.74) is 4.85. The lowest BCUT2D eigenvalue weighted by molar-refractivity contribution is -0.121. The zero-order chi connectivity index (χ0) is 18.5. The van der Waals surface area contributed by atoms with Gasteiger partial charge in [-0.25, -0.2) is 15.0 Å². The molecule has 0 aromatic carbocycles. The minimum Gasteiger partial charge on any atom is -0.350 e. The minimum atomic E-state index is -0.113. The highest BCUT2D eigenvalue weighted by Crippen LogP contribution is 2.33. The van der Waals surface area contributed by atoms with Gasteiger partial charge in [0.25, 0.3) is 0 Å². The summed E-state index contributed by atoms with van der Waals surface area (Å²) in [5, 5.41) is 2.96. The summed E-state index contributed by atoms with van der Waals surface area (Å²) in [6.45, 7) is 8.78. The number of nitrogens with one attached hydrogen (secondary N) is 1. The molecule has 1 amide bonds. The number of nitrogens with zero attached hydrogens (tertiary/aromatic N) is 4. The van der Waals surface area contributed by atoms with Crippen LogP contribution in [0.25, 0.3) is 5.65 Å². The van der Waals surface area contributed by atoms with Crippen LogP contribution < -0.4 is 5.32 Å². The molecule has 0 saturated heterocycles. The van der Waals surface area contributed by atoms with E-state index in [1.54, 1.807) is 0 Å². The Morgan fingerprint density at radius 1 is 1.19 bits per heavy atom. The van der Waals surface area contributed by atoms with Gasteiger partial charge >= 0.3 is 0 Å². The molecular weight excluding hydrogens is 326 g/mol. The van der Waals surface area contributed by atoms with E-state index in [0.717, 1.165) is 34.0 Å². The highest BCUT2D eigenvalue weighted by Gasteiger charge is 2.29. The number of amides is 1. The number of carbonyl (C=O) groups is 1. The Labute approximate surface area is 152 Å². The zero-order valence-electron chi connectivity index (χ0n) is 15.6. The fourth-order valence-electron chi connectivity index (χ4n) is 3.43. The molecule has 6 heteroatoms. The number of carbonyl (C=O) groups excluding carboxylic acids is 1. The van der Waals surface area contributed by atoms with E-state index in [0.29, 0.717) is 13.0 Å². The summed E-state index contributed by atoms with van der Waals surface area (Å²) in [6, 6.07) is 4.07. The standard InChI is InChI=1S/C20H23N5O/c1-12-5-6-16-24-15-10-21-17(26)7-14(18(15)25(16)11-12)13-8-22-19(23-9-13)20(2,3)4/h5-6,8-9,11,14H,7,10H2,1-4H3,(H,21,26). The number of fused-ring (bicyclic) bond motifs is 3. The van der Waals surface area contributed by atoms with Gasteiger partial charge in [-0.15, -0.1) is 0 Å². The number of aryl methyl sites for hydroxylation is 1. The molecule has 1 aliphatic heterocycles. The molecular formula is C20H23N5O. The van der Waals surface area contributed by atoms with Gasteiger partial charge in [0.05, 0.1) is 17.9 Å². The van der Waals surface area contributed by atoms with Gasteiger partial charge in [0.15, 0.2) is 0 Å². The first-order valence-corrected chi connectivity index (χ1v) is 8.89. The molecule has 0 bridgehead atoms. The number of pyridine rings is 1. The molecule has 0 saturated carbocycles. The van der Waals surface area contributed by atoms with E-state index in [4.69, 9.17) is 4.98 Å². The molecule has 4 heterocycles. The van der Waals surface area contributed by atoms with E-state index in [1.165, 1.54) is 0 Å². The predicted octanol–water partition coefficient (Wildman–Crippen LogP) is 2.88. The van der Waals surface area contributed by atoms with E-state index < -0.39 is 0 Å². The SMILES string of the molecule is Cc1ccc2nc3c(n2c1)C(c1cnc(C(C)(C)C)nc1)CC(=O)NC3. The Morgan fingerprint density at radius 3 is 2.62 bits per heavy atom. The van der Waals surface area contributed by atoms with Crippen molar-refractivity contribution in [3.05, 3.63) is 59.1 Å². The lowest BCUT2D eigenvalue weighted by atomic mass is 9.92. The summed E-state index contributed by atoms with van der Waals surface area (Å²) in [4.78, 5) is 26.1. The van der Waals surface area contributed by atoms with E-state index in [-0.39, 0.29) is 17.2 Å². The first kappa shape index (κ1) is 16.7. The van der Waals surface area contributed by atoms with Crippen molar-refractivity contribution in [3.8, 4) is 0 Å². The maximum absolute atomic E-state index is 12.3. The first-order valence-electron chi connectivity index (χ1n) is 8.89. The lowest BCUT2D eigenvalue weighted by Gasteiger charge is -2.19. The van der Waals surface area contributed by atoms with Gasteiger partial charge in [-0.1, -0.05) is 26.8 Å². The van der Waals surface area contributed by atoms with Crippen LogP contribution in [-0.4, -0.2) is 25.3 Å². The average molecular weight is 349 g/mol. The molecule has 0 fully saturated rings. The van der Waals surface area contributed by atoms with E-state index in [2.05, 4.69) is 59.6 Å². The van der Waals surface area contributed by atoms with Gasteiger partial charge in [-0.05, 0) is 24.1 Å². The van der Waals surface area contributed by atoms with Gasteiger partial charge < -0.3 is 9.72 Å². The molecule has 0 aliphatic carbocycles. The molecule has 3 aromatic heterocycles. The van der Waals surface area contributed by atoms with Crippen LogP contribution in [0.3, 0.4) is 0 Å². The molecule has 6 nitrogen and oxygen atoms in total. The van der Waals surface area contributed by atoms with E-state index >= 15 is 0 Å². The van der Waals surface area contributed by atoms with Crippen LogP contribution in [-0.2, 0) is 16.8 Å². The highest BCUT2D eigenvalue weighted by atomic mass is 16.1. The summed E-state index contributed by atoms with van der Waals surface area (Å²) in [5.74, 6) is 0.709. The maximum Gasteiger partial charge on any atom is 0.221 e. The van der Waals surface area contributed by atoms with Crippen LogP contribution >= 0.6 is 0 Å². The summed E-state index contributed by atoms with van der Waals surface area (Å²) in [7, 11) is 0. The average Bonchev–Trinajstić information content (AvgIpc) is 2.85. The number of aromatic nitrogens is 4. The molecule has 0 spiro atoms. The second-order valence-electron chi connectivity index (χ2n) is 8.00. The second-order valence-corrected chi connectivity index (χ2v) is 8.00. The normalized spacial score (nSPS) is 17.7. The highest BCUT2D eigenvalue weighted by molar-refractivity contribution is 5.78. The number of imidazole rings is 1. The van der Waals surface area contributed by atoms with Gasteiger partial charge in [-0.3, -0.25) is 4.79 Å². The third-order valence-electron chi connectivity index (χ3n) is 4.80. The fraction of sp³-hybridized carbons (Fsp3) is 0.400. The lowest BCUT2D eigenvalue weighted by Crippen LogP contribution is -2.22. The Balaban J connectivity index is 1.86. The van der Waals surface area contributed by atoms with Crippen molar-refractivity contribution in [1.82, 2.24) is 24.7 Å². The third kappa shape index (κ3) is 2.85. The summed E-state index contributed by atoms with van der Waals surface area (Å²) < 4.78 is 2.10. The number of hydrogen-bond acceptors (Lipinski definition) is 4. The second kappa shape index (κ2) is 5.90. The van der Waals surface area contributed by atoms with Gasteiger partial charge in [-0.2, -0.15) is 0 Å². The summed E-state index contributed by atoms with van der Waals surface area (Å²) >= 11 is 0. The van der Waals surface area contributed by atoms with Crippen LogP contribution in [0.1, 0.15) is 61.4 Å². The van der Waals surface area contributed by atoms with Crippen molar-refractivity contribution in [2.24, 2.45) is 0 Å². The fourth-order valence-corrected chi connectivity index (χ4v) is 3.43.